The Hall–Kier alpha value is -3.49. The normalized spacial score (nSPS) is 10.5. The number of ether oxygens (including phenoxy) is 1. The van der Waals surface area contributed by atoms with E-state index in [1.54, 1.807) is 38.4 Å². The van der Waals surface area contributed by atoms with Gasteiger partial charge in [-0.05, 0) is 36.4 Å². The molecule has 0 saturated carbocycles. The number of halogens is 2. The summed E-state index contributed by atoms with van der Waals surface area (Å²) in [4.78, 5) is 17.7. The van der Waals surface area contributed by atoms with Crippen molar-refractivity contribution in [3.63, 3.8) is 0 Å². The third-order valence-electron chi connectivity index (χ3n) is 3.68. The number of nitrogens with one attached hydrogen (secondary N) is 1. The summed E-state index contributed by atoms with van der Waals surface area (Å²) in [6.07, 6.45) is 0. The molecule has 0 unspecified atom stereocenters. The van der Waals surface area contributed by atoms with E-state index in [0.29, 0.717) is 17.6 Å². The van der Waals surface area contributed by atoms with Gasteiger partial charge in [0.05, 0.1) is 12.8 Å². The van der Waals surface area contributed by atoms with Crippen LogP contribution < -0.4 is 15.0 Å². The topological polar surface area (TPSA) is 80.5 Å². The molecule has 9 heteroatoms. The molecule has 0 radical (unpaired) electrons. The lowest BCUT2D eigenvalue weighted by Crippen LogP contribution is -2.30. The molecule has 1 aromatic heterocycles. The summed E-state index contributed by atoms with van der Waals surface area (Å²) < 4.78 is 36.8. The number of rotatable bonds is 6. The molecule has 0 atom stereocenters. The summed E-state index contributed by atoms with van der Waals surface area (Å²) in [6.45, 7) is -0.166. The van der Waals surface area contributed by atoms with Gasteiger partial charge >= 0.3 is 6.01 Å². The van der Waals surface area contributed by atoms with Crippen LogP contribution in [0.15, 0.2) is 47.0 Å². The number of likely N-dealkylation sites (N-methyl/N-ethyl adjacent to an activating group) is 1. The molecule has 0 bridgehead atoms. The van der Waals surface area contributed by atoms with E-state index in [9.17, 15) is 13.6 Å². The van der Waals surface area contributed by atoms with Crippen molar-refractivity contribution in [1.29, 1.82) is 0 Å². The Labute approximate surface area is 153 Å². The van der Waals surface area contributed by atoms with Gasteiger partial charge in [0, 0.05) is 18.7 Å². The first-order valence-electron chi connectivity index (χ1n) is 7.90. The number of nitrogens with zero attached hydrogens (tertiary/aromatic N) is 3. The molecule has 0 aliphatic carbocycles. The Balaban J connectivity index is 1.64. The lowest BCUT2D eigenvalue weighted by atomic mass is 10.2. The summed E-state index contributed by atoms with van der Waals surface area (Å²) in [5.41, 5.74) is 0.608. The van der Waals surface area contributed by atoms with Gasteiger partial charge < -0.3 is 19.5 Å². The van der Waals surface area contributed by atoms with Crippen molar-refractivity contribution < 1.29 is 22.8 Å². The van der Waals surface area contributed by atoms with Crippen LogP contribution in [0.5, 0.6) is 5.75 Å². The van der Waals surface area contributed by atoms with Crippen molar-refractivity contribution in [3.05, 3.63) is 54.1 Å². The minimum absolute atomic E-state index is 0.112. The van der Waals surface area contributed by atoms with Crippen molar-refractivity contribution in [2.75, 3.05) is 30.9 Å². The van der Waals surface area contributed by atoms with Crippen LogP contribution in [0.4, 0.5) is 20.5 Å². The molecule has 0 saturated heterocycles. The lowest BCUT2D eigenvalue weighted by molar-refractivity contribution is -0.115. The van der Waals surface area contributed by atoms with Gasteiger partial charge in [-0.3, -0.25) is 4.79 Å². The summed E-state index contributed by atoms with van der Waals surface area (Å²) >= 11 is 0. The molecule has 0 aliphatic rings. The number of hydrogen-bond acceptors (Lipinski definition) is 6. The second-order valence-electron chi connectivity index (χ2n) is 5.66. The highest BCUT2D eigenvalue weighted by Gasteiger charge is 2.16. The van der Waals surface area contributed by atoms with Crippen molar-refractivity contribution >= 4 is 17.6 Å². The van der Waals surface area contributed by atoms with Crippen LogP contribution in [-0.4, -0.2) is 36.8 Å². The van der Waals surface area contributed by atoms with Crippen molar-refractivity contribution in [2.45, 2.75) is 0 Å². The van der Waals surface area contributed by atoms with Crippen molar-refractivity contribution in [1.82, 2.24) is 10.1 Å². The second-order valence-corrected chi connectivity index (χ2v) is 5.66. The third-order valence-corrected chi connectivity index (χ3v) is 3.68. The molecule has 0 spiro atoms. The zero-order valence-electron chi connectivity index (χ0n) is 14.6. The van der Waals surface area contributed by atoms with Crippen LogP contribution in [0.2, 0.25) is 0 Å². The van der Waals surface area contributed by atoms with Crippen LogP contribution in [0.3, 0.4) is 0 Å². The van der Waals surface area contributed by atoms with E-state index in [1.165, 1.54) is 4.90 Å². The minimum Gasteiger partial charge on any atom is -0.497 e. The SMILES string of the molecule is COc1ccc(-c2noc(N(C)CC(=O)Nc3ccc(F)cc3F)n2)cc1. The second kappa shape index (κ2) is 7.81. The van der Waals surface area contributed by atoms with Crippen LogP contribution >= 0.6 is 0 Å². The summed E-state index contributed by atoms with van der Waals surface area (Å²) in [7, 11) is 3.14. The van der Waals surface area contributed by atoms with Crippen molar-refractivity contribution in [2.24, 2.45) is 0 Å². The van der Waals surface area contributed by atoms with Gasteiger partial charge in [-0.25, -0.2) is 8.78 Å². The highest BCUT2D eigenvalue weighted by molar-refractivity contribution is 5.93. The zero-order valence-corrected chi connectivity index (χ0v) is 14.6. The molecule has 7 nitrogen and oxygen atoms in total. The summed E-state index contributed by atoms with van der Waals surface area (Å²) in [6, 6.07) is 10.1. The Kier molecular flexibility index (Phi) is 5.30. The van der Waals surface area contributed by atoms with Crippen LogP contribution in [0, 0.1) is 11.6 Å². The van der Waals surface area contributed by atoms with E-state index in [1.807, 2.05) is 0 Å². The maximum atomic E-state index is 13.6. The first kappa shape index (κ1) is 18.3. The Morgan fingerprint density at radius 1 is 1.22 bits per heavy atom. The van der Waals surface area contributed by atoms with Crippen LogP contribution in [-0.2, 0) is 4.79 Å². The molecule has 1 amide bonds. The number of aromatic nitrogens is 2. The number of benzene rings is 2. The number of anilines is 2. The van der Waals surface area contributed by atoms with Gasteiger partial charge in [0.15, 0.2) is 0 Å². The molecule has 0 aliphatic heterocycles. The molecular formula is C18H16F2N4O3. The van der Waals surface area contributed by atoms with E-state index in [0.717, 1.165) is 17.7 Å². The first-order chi connectivity index (χ1) is 13.0. The highest BCUT2D eigenvalue weighted by atomic mass is 19.1. The zero-order chi connectivity index (χ0) is 19.4. The summed E-state index contributed by atoms with van der Waals surface area (Å²) in [5.74, 6) is -1.05. The predicted molar refractivity (Wildman–Crippen MR) is 94.5 cm³/mol. The number of hydrogen-bond donors (Lipinski definition) is 1. The largest absolute Gasteiger partial charge is 0.497 e. The molecule has 3 aromatic rings. The number of carbonyl (C=O) groups is 1. The maximum absolute atomic E-state index is 13.6. The Morgan fingerprint density at radius 3 is 2.63 bits per heavy atom. The maximum Gasteiger partial charge on any atom is 0.324 e. The van der Waals surface area contributed by atoms with Crippen LogP contribution in [0.1, 0.15) is 0 Å². The molecule has 0 fully saturated rings. The highest BCUT2D eigenvalue weighted by Crippen LogP contribution is 2.22. The third kappa shape index (κ3) is 4.38. The van der Waals surface area contributed by atoms with E-state index < -0.39 is 17.5 Å². The average molecular weight is 374 g/mol. The smallest absolute Gasteiger partial charge is 0.324 e. The molecule has 1 N–H and O–H groups in total. The lowest BCUT2D eigenvalue weighted by Gasteiger charge is -2.13. The van der Waals surface area contributed by atoms with Gasteiger partial charge in [0.2, 0.25) is 11.7 Å². The first-order valence-corrected chi connectivity index (χ1v) is 7.90. The van der Waals surface area contributed by atoms with E-state index in [4.69, 9.17) is 9.26 Å². The molecule has 3 rings (SSSR count). The molecular weight excluding hydrogens is 358 g/mol. The molecule has 2 aromatic carbocycles. The number of carbonyl (C=O) groups excluding carboxylic acids is 1. The fourth-order valence-electron chi connectivity index (χ4n) is 2.29. The van der Waals surface area contributed by atoms with Gasteiger partial charge in [0.25, 0.3) is 0 Å². The molecule has 140 valence electrons. The van der Waals surface area contributed by atoms with E-state index >= 15 is 0 Å². The fraction of sp³-hybridized carbons (Fsp3) is 0.167. The minimum atomic E-state index is -0.856. The Bertz CT molecular complexity index is 944. The van der Waals surface area contributed by atoms with Crippen molar-refractivity contribution in [3.8, 4) is 17.1 Å². The molecule has 1 heterocycles. The van der Waals surface area contributed by atoms with E-state index in [2.05, 4.69) is 15.5 Å². The number of methoxy groups -OCH3 is 1. The summed E-state index contributed by atoms with van der Waals surface area (Å²) in [5, 5.41) is 6.24. The fourth-order valence-corrected chi connectivity index (χ4v) is 2.29. The standard InChI is InChI=1S/C18H16F2N4O3/c1-24(10-16(25)21-15-8-5-12(19)9-14(15)20)18-22-17(23-27-18)11-3-6-13(26-2)7-4-11/h3-9H,10H2,1-2H3,(H,21,25). The van der Waals surface area contributed by atoms with Gasteiger partial charge in [-0.1, -0.05) is 5.16 Å². The quantitative estimate of drug-likeness (QED) is 0.714. The Morgan fingerprint density at radius 2 is 1.96 bits per heavy atom. The number of amides is 1. The predicted octanol–water partition coefficient (Wildman–Crippen LogP) is 3.10. The van der Waals surface area contributed by atoms with Gasteiger partial charge in [-0.2, -0.15) is 4.98 Å². The van der Waals surface area contributed by atoms with Gasteiger partial charge in [0.1, 0.15) is 23.9 Å². The van der Waals surface area contributed by atoms with Gasteiger partial charge in [-0.15, -0.1) is 0 Å². The van der Waals surface area contributed by atoms with Crippen LogP contribution in [0.25, 0.3) is 11.4 Å². The monoisotopic (exact) mass is 374 g/mol. The molecule has 27 heavy (non-hydrogen) atoms. The average Bonchev–Trinajstić information content (AvgIpc) is 3.14. The van der Waals surface area contributed by atoms with E-state index in [-0.39, 0.29) is 18.2 Å².